The molecule has 0 spiro atoms. The van der Waals surface area contributed by atoms with Crippen molar-refractivity contribution in [3.05, 3.63) is 87.6 Å². The zero-order chi connectivity index (χ0) is 27.5. The first-order valence-electron chi connectivity index (χ1n) is 12.3. The average molecular weight is 548 g/mol. The minimum Gasteiger partial charge on any atom is -0.382 e. The summed E-state index contributed by atoms with van der Waals surface area (Å²) >= 11 is 1.57. The van der Waals surface area contributed by atoms with E-state index in [9.17, 15) is 22.8 Å². The van der Waals surface area contributed by atoms with Gasteiger partial charge in [-0.1, -0.05) is 30.3 Å². The van der Waals surface area contributed by atoms with E-state index in [1.807, 2.05) is 55.6 Å². The zero-order valence-electron chi connectivity index (χ0n) is 21.5. The second-order valence-corrected chi connectivity index (χ2v) is 9.74. The number of anilines is 1. The van der Waals surface area contributed by atoms with E-state index >= 15 is 0 Å². The summed E-state index contributed by atoms with van der Waals surface area (Å²) in [5.74, 6) is -0.236. The van der Waals surface area contributed by atoms with Crippen LogP contribution < -0.4 is 5.32 Å². The van der Waals surface area contributed by atoms with Gasteiger partial charge < -0.3 is 19.9 Å². The highest BCUT2D eigenvalue weighted by Gasteiger charge is 2.30. The Morgan fingerprint density at radius 2 is 1.68 bits per heavy atom. The van der Waals surface area contributed by atoms with Crippen LogP contribution in [0.1, 0.15) is 34.9 Å². The lowest BCUT2D eigenvalue weighted by Crippen LogP contribution is -2.44. The lowest BCUT2D eigenvalue weighted by Gasteiger charge is -2.28. The molecule has 0 aliphatic heterocycles. The molecule has 38 heavy (non-hydrogen) atoms. The van der Waals surface area contributed by atoms with Crippen LogP contribution in [0.3, 0.4) is 0 Å². The van der Waals surface area contributed by atoms with E-state index < -0.39 is 17.8 Å². The predicted molar refractivity (Wildman–Crippen MR) is 143 cm³/mol. The Bertz CT molecular complexity index is 1170. The van der Waals surface area contributed by atoms with Gasteiger partial charge in [0.15, 0.2) is 0 Å². The maximum Gasteiger partial charge on any atom is 0.416 e. The first kappa shape index (κ1) is 29.2. The molecule has 0 saturated heterocycles. The van der Waals surface area contributed by atoms with Crippen molar-refractivity contribution < 1.29 is 27.5 Å². The summed E-state index contributed by atoms with van der Waals surface area (Å²) in [5.41, 5.74) is 1.46. The van der Waals surface area contributed by atoms with Crippen LogP contribution in [0.25, 0.3) is 0 Å². The van der Waals surface area contributed by atoms with Gasteiger partial charge in [-0.2, -0.15) is 13.2 Å². The smallest absolute Gasteiger partial charge is 0.382 e. The number of rotatable bonds is 12. The second-order valence-electron chi connectivity index (χ2n) is 8.74. The van der Waals surface area contributed by atoms with E-state index in [-0.39, 0.29) is 24.7 Å². The number of alkyl halides is 3. The van der Waals surface area contributed by atoms with E-state index in [2.05, 4.69) is 5.32 Å². The summed E-state index contributed by atoms with van der Waals surface area (Å²) < 4.78 is 44.1. The Hall–Kier alpha value is -3.37. The molecule has 204 valence electrons. The fraction of sp³-hybridized carbons (Fsp3) is 0.357. The van der Waals surface area contributed by atoms with E-state index in [1.54, 1.807) is 16.2 Å². The minimum absolute atomic E-state index is 0.185. The Balaban J connectivity index is 1.75. The molecular weight excluding hydrogens is 515 g/mol. The number of ether oxygens (including phenoxy) is 1. The molecule has 6 nitrogen and oxygen atoms in total. The van der Waals surface area contributed by atoms with Crippen molar-refractivity contribution in [1.29, 1.82) is 0 Å². The average Bonchev–Trinajstić information content (AvgIpc) is 3.29. The number of aryl methyl sites for hydroxylation is 1. The quantitative estimate of drug-likeness (QED) is 0.261. The van der Waals surface area contributed by atoms with Crippen LogP contribution >= 0.6 is 11.3 Å². The fourth-order valence-corrected chi connectivity index (χ4v) is 4.66. The van der Waals surface area contributed by atoms with Gasteiger partial charge in [-0.25, -0.2) is 4.79 Å². The summed E-state index contributed by atoms with van der Waals surface area (Å²) in [4.78, 5) is 30.8. The molecule has 3 rings (SSSR count). The van der Waals surface area contributed by atoms with E-state index in [0.29, 0.717) is 32.7 Å². The number of carbonyl (C=O) groups is 2. The third-order valence-corrected chi connectivity index (χ3v) is 6.88. The monoisotopic (exact) mass is 547 g/mol. The number of benzene rings is 2. The molecule has 10 heteroatoms. The maximum absolute atomic E-state index is 13.5. The number of amides is 3. The van der Waals surface area contributed by atoms with Crippen molar-refractivity contribution in [3.63, 3.8) is 0 Å². The van der Waals surface area contributed by atoms with Gasteiger partial charge in [0.1, 0.15) is 6.54 Å². The molecule has 0 aliphatic carbocycles. The first-order chi connectivity index (χ1) is 18.2. The number of halogens is 3. The standard InChI is InChI=1S/C28H32F3N3O3S/c1-3-37-16-7-15-33(27(36)32-24-12-10-23(11-13-24)28(29,30)31)20-26(35)34(18-22-8-5-4-6-9-22)19-25-21(2)14-17-38-25/h4-6,8-14,17H,3,7,15-16,18-20H2,1-2H3,(H,32,36). The highest BCUT2D eigenvalue weighted by molar-refractivity contribution is 7.10. The van der Waals surface area contributed by atoms with Crippen molar-refractivity contribution in [2.75, 3.05) is 31.6 Å². The molecule has 1 heterocycles. The molecule has 0 atom stereocenters. The molecule has 3 aromatic rings. The molecule has 0 aliphatic rings. The summed E-state index contributed by atoms with van der Waals surface area (Å²) in [6, 6.07) is 15.3. The van der Waals surface area contributed by atoms with Gasteiger partial charge >= 0.3 is 12.2 Å². The maximum atomic E-state index is 13.5. The number of hydrogen-bond acceptors (Lipinski definition) is 4. The first-order valence-corrected chi connectivity index (χ1v) is 13.2. The summed E-state index contributed by atoms with van der Waals surface area (Å²) in [6.07, 6.45) is -3.96. The Morgan fingerprint density at radius 3 is 2.29 bits per heavy atom. The Kier molecular flexibility index (Phi) is 10.7. The van der Waals surface area contributed by atoms with Crippen LogP contribution in [-0.2, 0) is 28.8 Å². The topological polar surface area (TPSA) is 61.9 Å². The lowest BCUT2D eigenvalue weighted by molar-refractivity contribution is -0.137. The van der Waals surface area contributed by atoms with E-state index in [1.165, 1.54) is 17.0 Å². The summed E-state index contributed by atoms with van der Waals surface area (Å²) in [6.45, 7) is 5.65. The number of urea groups is 1. The van der Waals surface area contributed by atoms with Crippen LogP contribution in [-0.4, -0.2) is 48.0 Å². The zero-order valence-corrected chi connectivity index (χ0v) is 22.3. The van der Waals surface area contributed by atoms with Crippen molar-refractivity contribution >= 4 is 29.0 Å². The van der Waals surface area contributed by atoms with Gasteiger partial charge in [0, 0.05) is 36.9 Å². The summed E-state index contributed by atoms with van der Waals surface area (Å²) in [7, 11) is 0. The molecule has 1 N–H and O–H groups in total. The number of hydrogen-bond donors (Lipinski definition) is 1. The Labute approximate surface area is 225 Å². The highest BCUT2D eigenvalue weighted by atomic mass is 32.1. The second kappa shape index (κ2) is 14.0. The normalized spacial score (nSPS) is 11.3. The van der Waals surface area contributed by atoms with Gasteiger partial charge in [-0.15, -0.1) is 11.3 Å². The van der Waals surface area contributed by atoms with Crippen LogP contribution in [0, 0.1) is 6.92 Å². The van der Waals surface area contributed by atoms with Crippen molar-refractivity contribution in [2.24, 2.45) is 0 Å². The molecule has 2 aromatic carbocycles. The van der Waals surface area contributed by atoms with Gasteiger partial charge in [0.25, 0.3) is 0 Å². The third kappa shape index (κ3) is 8.88. The molecule has 0 saturated carbocycles. The number of carbonyl (C=O) groups excluding carboxylic acids is 2. The number of nitrogens with zero attached hydrogens (tertiary/aromatic N) is 2. The van der Waals surface area contributed by atoms with Crippen LogP contribution in [0.5, 0.6) is 0 Å². The summed E-state index contributed by atoms with van der Waals surface area (Å²) in [5, 5.41) is 4.60. The lowest BCUT2D eigenvalue weighted by atomic mass is 10.2. The predicted octanol–water partition coefficient (Wildman–Crippen LogP) is 6.56. The molecule has 0 fully saturated rings. The molecular formula is C28H32F3N3O3S. The minimum atomic E-state index is -4.47. The number of nitrogens with one attached hydrogen (secondary N) is 1. The van der Waals surface area contributed by atoms with Gasteiger partial charge in [-0.05, 0) is 67.1 Å². The van der Waals surface area contributed by atoms with Crippen LogP contribution in [0.2, 0.25) is 0 Å². The molecule has 0 radical (unpaired) electrons. The van der Waals surface area contributed by atoms with Gasteiger partial charge in [0.2, 0.25) is 5.91 Å². The van der Waals surface area contributed by atoms with E-state index in [4.69, 9.17) is 4.74 Å². The fourth-order valence-electron chi connectivity index (χ4n) is 3.74. The molecule has 3 amide bonds. The van der Waals surface area contributed by atoms with E-state index in [0.717, 1.165) is 28.1 Å². The van der Waals surface area contributed by atoms with Crippen molar-refractivity contribution in [2.45, 2.75) is 39.5 Å². The van der Waals surface area contributed by atoms with Crippen LogP contribution in [0.15, 0.2) is 66.0 Å². The van der Waals surface area contributed by atoms with Crippen LogP contribution in [0.4, 0.5) is 23.7 Å². The number of thiophene rings is 1. The Morgan fingerprint density at radius 1 is 0.974 bits per heavy atom. The van der Waals surface area contributed by atoms with Gasteiger partial charge in [0.05, 0.1) is 12.1 Å². The molecule has 0 bridgehead atoms. The molecule has 0 unspecified atom stereocenters. The van der Waals surface area contributed by atoms with Crippen molar-refractivity contribution in [1.82, 2.24) is 9.80 Å². The SMILES string of the molecule is CCOCCCN(CC(=O)N(Cc1ccccc1)Cc1sccc1C)C(=O)Nc1ccc(C(F)(F)F)cc1. The third-order valence-electron chi connectivity index (χ3n) is 5.87. The van der Waals surface area contributed by atoms with Gasteiger partial charge in [-0.3, -0.25) is 4.79 Å². The largest absolute Gasteiger partial charge is 0.416 e. The molecule has 1 aromatic heterocycles. The van der Waals surface area contributed by atoms with Crippen molar-refractivity contribution in [3.8, 4) is 0 Å². The highest BCUT2D eigenvalue weighted by Crippen LogP contribution is 2.30.